The minimum Gasteiger partial charge on any atom is -0.495 e. The van der Waals surface area contributed by atoms with Gasteiger partial charge in [-0.25, -0.2) is 0 Å². The number of hydrogen-bond donors (Lipinski definition) is 2. The van der Waals surface area contributed by atoms with Gasteiger partial charge in [0, 0.05) is 23.5 Å². The molecule has 1 aliphatic rings. The molecule has 0 spiro atoms. The van der Waals surface area contributed by atoms with E-state index in [4.69, 9.17) is 4.74 Å². The minimum atomic E-state index is 0.576. The standard InChI is InChI=1S/C14H18N2O/c1-8-4-11-10-6-9(15-2)7-12(10)16-14(11)13(5-8)17-3/h4-5,9,15-16H,6-7H2,1-3H3. The van der Waals surface area contributed by atoms with Crippen LogP contribution in [0.15, 0.2) is 12.1 Å². The van der Waals surface area contributed by atoms with Crippen LogP contribution in [0.25, 0.3) is 10.9 Å². The number of benzene rings is 1. The van der Waals surface area contributed by atoms with Gasteiger partial charge in [-0.2, -0.15) is 0 Å². The summed E-state index contributed by atoms with van der Waals surface area (Å²) in [5, 5.41) is 4.68. The van der Waals surface area contributed by atoms with Crippen LogP contribution in [0.4, 0.5) is 0 Å². The van der Waals surface area contributed by atoms with E-state index in [1.807, 2.05) is 7.05 Å². The van der Waals surface area contributed by atoms with Crippen LogP contribution >= 0.6 is 0 Å². The number of aromatic amines is 1. The molecule has 1 aliphatic carbocycles. The molecule has 0 saturated carbocycles. The quantitative estimate of drug-likeness (QED) is 0.829. The van der Waals surface area contributed by atoms with Gasteiger partial charge < -0.3 is 15.0 Å². The van der Waals surface area contributed by atoms with Crippen molar-refractivity contribution in [3.63, 3.8) is 0 Å². The van der Waals surface area contributed by atoms with Crippen molar-refractivity contribution >= 4 is 10.9 Å². The zero-order valence-electron chi connectivity index (χ0n) is 10.6. The summed E-state index contributed by atoms with van der Waals surface area (Å²) >= 11 is 0. The van der Waals surface area contributed by atoms with Crippen LogP contribution in [0.3, 0.4) is 0 Å². The number of likely N-dealkylation sites (N-methyl/N-ethyl adjacent to an activating group) is 1. The van der Waals surface area contributed by atoms with E-state index < -0.39 is 0 Å². The van der Waals surface area contributed by atoms with Gasteiger partial charge in [0.25, 0.3) is 0 Å². The maximum Gasteiger partial charge on any atom is 0.143 e. The molecule has 17 heavy (non-hydrogen) atoms. The summed E-state index contributed by atoms with van der Waals surface area (Å²) in [7, 11) is 3.77. The fourth-order valence-electron chi connectivity index (χ4n) is 2.85. The Bertz CT molecular complexity index is 571. The van der Waals surface area contributed by atoms with Crippen LogP contribution in [-0.2, 0) is 12.8 Å². The maximum absolute atomic E-state index is 5.45. The number of aryl methyl sites for hydroxylation is 1. The van der Waals surface area contributed by atoms with E-state index in [-0.39, 0.29) is 0 Å². The molecule has 1 atom stereocenters. The van der Waals surface area contributed by atoms with Gasteiger partial charge in [-0.1, -0.05) is 0 Å². The van der Waals surface area contributed by atoms with Gasteiger partial charge in [-0.3, -0.25) is 0 Å². The van der Waals surface area contributed by atoms with Crippen molar-refractivity contribution in [2.45, 2.75) is 25.8 Å². The van der Waals surface area contributed by atoms with E-state index in [0.29, 0.717) is 6.04 Å². The Morgan fingerprint density at radius 2 is 2.18 bits per heavy atom. The molecular formula is C14H18N2O. The van der Waals surface area contributed by atoms with Gasteiger partial charge in [-0.15, -0.1) is 0 Å². The number of aromatic nitrogens is 1. The van der Waals surface area contributed by atoms with E-state index >= 15 is 0 Å². The largest absolute Gasteiger partial charge is 0.495 e. The molecule has 0 amide bonds. The Hall–Kier alpha value is -1.48. The number of nitrogens with one attached hydrogen (secondary N) is 2. The summed E-state index contributed by atoms with van der Waals surface area (Å²) in [5.41, 5.74) is 5.23. The predicted molar refractivity (Wildman–Crippen MR) is 69.8 cm³/mol. The first kappa shape index (κ1) is 10.7. The molecule has 1 aromatic carbocycles. The molecule has 0 fully saturated rings. The van der Waals surface area contributed by atoms with Gasteiger partial charge in [-0.05, 0) is 43.7 Å². The number of methoxy groups -OCH3 is 1. The van der Waals surface area contributed by atoms with Crippen LogP contribution in [0.2, 0.25) is 0 Å². The van der Waals surface area contributed by atoms with Gasteiger partial charge in [0.15, 0.2) is 0 Å². The maximum atomic E-state index is 5.45. The van der Waals surface area contributed by atoms with Crippen molar-refractivity contribution < 1.29 is 4.74 Å². The number of hydrogen-bond acceptors (Lipinski definition) is 2. The third kappa shape index (κ3) is 1.53. The summed E-state index contributed by atoms with van der Waals surface area (Å²) in [4.78, 5) is 3.52. The summed E-state index contributed by atoms with van der Waals surface area (Å²) in [6.07, 6.45) is 2.20. The Morgan fingerprint density at radius 3 is 2.88 bits per heavy atom. The van der Waals surface area contributed by atoms with Crippen LogP contribution < -0.4 is 10.1 Å². The fourth-order valence-corrected chi connectivity index (χ4v) is 2.85. The molecule has 3 nitrogen and oxygen atoms in total. The van der Waals surface area contributed by atoms with E-state index in [2.05, 4.69) is 29.4 Å². The van der Waals surface area contributed by atoms with Gasteiger partial charge in [0.05, 0.1) is 12.6 Å². The lowest BCUT2D eigenvalue weighted by Gasteiger charge is -2.08. The molecule has 3 heteroatoms. The Morgan fingerprint density at radius 1 is 1.35 bits per heavy atom. The second kappa shape index (κ2) is 3.77. The SMILES string of the molecule is CNC1Cc2[nH]c3c(OC)cc(C)cc3c2C1. The van der Waals surface area contributed by atoms with Crippen molar-refractivity contribution in [3.8, 4) is 5.75 Å². The van der Waals surface area contributed by atoms with Gasteiger partial charge in [0.2, 0.25) is 0 Å². The molecule has 1 unspecified atom stereocenters. The van der Waals surface area contributed by atoms with Crippen molar-refractivity contribution in [1.82, 2.24) is 10.3 Å². The van der Waals surface area contributed by atoms with Gasteiger partial charge in [0.1, 0.15) is 5.75 Å². The predicted octanol–water partition coefficient (Wildman–Crippen LogP) is 2.17. The zero-order valence-corrected chi connectivity index (χ0v) is 10.6. The second-order valence-corrected chi connectivity index (χ2v) is 4.87. The first-order valence-corrected chi connectivity index (χ1v) is 6.08. The first-order valence-electron chi connectivity index (χ1n) is 6.08. The Labute approximate surface area is 101 Å². The summed E-state index contributed by atoms with van der Waals surface area (Å²) < 4.78 is 5.45. The summed E-state index contributed by atoms with van der Waals surface area (Å²) in [5.74, 6) is 0.954. The fraction of sp³-hybridized carbons (Fsp3) is 0.429. The van der Waals surface area contributed by atoms with Crippen molar-refractivity contribution in [2.75, 3.05) is 14.2 Å². The molecule has 2 aromatic rings. The van der Waals surface area contributed by atoms with Crippen LogP contribution in [0.5, 0.6) is 5.75 Å². The monoisotopic (exact) mass is 230 g/mol. The molecule has 3 rings (SSSR count). The normalized spacial score (nSPS) is 18.6. The third-order valence-corrected chi connectivity index (χ3v) is 3.74. The average Bonchev–Trinajstić information content (AvgIpc) is 2.86. The average molecular weight is 230 g/mol. The van der Waals surface area contributed by atoms with E-state index in [0.717, 1.165) is 24.1 Å². The van der Waals surface area contributed by atoms with Crippen LogP contribution in [0, 0.1) is 6.92 Å². The molecule has 0 bridgehead atoms. The lowest BCUT2D eigenvalue weighted by molar-refractivity contribution is 0.418. The summed E-state index contributed by atoms with van der Waals surface area (Å²) in [6, 6.07) is 4.92. The molecule has 90 valence electrons. The van der Waals surface area contributed by atoms with E-state index in [1.54, 1.807) is 7.11 Å². The van der Waals surface area contributed by atoms with Crippen molar-refractivity contribution in [2.24, 2.45) is 0 Å². The van der Waals surface area contributed by atoms with Crippen molar-refractivity contribution in [3.05, 3.63) is 29.0 Å². The molecule has 2 N–H and O–H groups in total. The third-order valence-electron chi connectivity index (χ3n) is 3.74. The van der Waals surface area contributed by atoms with Crippen LogP contribution in [0.1, 0.15) is 16.8 Å². The molecule has 1 heterocycles. The highest BCUT2D eigenvalue weighted by Gasteiger charge is 2.25. The van der Waals surface area contributed by atoms with E-state index in [1.165, 1.54) is 22.2 Å². The van der Waals surface area contributed by atoms with Crippen molar-refractivity contribution in [1.29, 1.82) is 0 Å². The minimum absolute atomic E-state index is 0.576. The zero-order chi connectivity index (χ0) is 12.0. The topological polar surface area (TPSA) is 37.0 Å². The molecule has 0 radical (unpaired) electrons. The Balaban J connectivity index is 2.20. The highest BCUT2D eigenvalue weighted by molar-refractivity contribution is 5.91. The number of fused-ring (bicyclic) bond motifs is 3. The van der Waals surface area contributed by atoms with E-state index in [9.17, 15) is 0 Å². The lowest BCUT2D eigenvalue weighted by atomic mass is 10.1. The lowest BCUT2D eigenvalue weighted by Crippen LogP contribution is -2.25. The number of rotatable bonds is 2. The summed E-state index contributed by atoms with van der Waals surface area (Å²) in [6.45, 7) is 2.12. The van der Waals surface area contributed by atoms with Crippen LogP contribution in [-0.4, -0.2) is 25.2 Å². The number of ether oxygens (including phenoxy) is 1. The molecule has 0 saturated heterocycles. The molecule has 0 aliphatic heterocycles. The highest BCUT2D eigenvalue weighted by atomic mass is 16.5. The van der Waals surface area contributed by atoms with Gasteiger partial charge >= 0.3 is 0 Å². The number of H-pyrrole nitrogens is 1. The second-order valence-electron chi connectivity index (χ2n) is 4.87. The highest BCUT2D eigenvalue weighted by Crippen LogP contribution is 2.35. The smallest absolute Gasteiger partial charge is 0.143 e. The molecule has 1 aromatic heterocycles. The first-order chi connectivity index (χ1) is 8.22. The Kier molecular flexibility index (Phi) is 2.37. The molecular weight excluding hydrogens is 212 g/mol.